The predicted octanol–water partition coefficient (Wildman–Crippen LogP) is 3.47. The quantitative estimate of drug-likeness (QED) is 0.883. The molecule has 1 saturated carbocycles. The van der Waals surface area contributed by atoms with Crippen LogP contribution in [0.2, 0.25) is 0 Å². The molecular formula is C16H22N2O2. The Hall–Kier alpha value is -1.84. The maximum absolute atomic E-state index is 12.0. The zero-order chi connectivity index (χ0) is 14.5. The van der Waals surface area contributed by atoms with Crippen LogP contribution in [0.4, 0.5) is 11.4 Å². The van der Waals surface area contributed by atoms with E-state index in [0.29, 0.717) is 12.3 Å². The monoisotopic (exact) mass is 274 g/mol. The minimum Gasteiger partial charge on any atom is -0.326 e. The Balaban J connectivity index is 1.97. The molecule has 0 saturated heterocycles. The number of aryl methyl sites for hydroxylation is 1. The average molecular weight is 274 g/mol. The van der Waals surface area contributed by atoms with Crippen molar-refractivity contribution in [2.45, 2.75) is 46.0 Å². The van der Waals surface area contributed by atoms with E-state index in [1.807, 2.05) is 25.1 Å². The minimum atomic E-state index is -0.109. The number of carbonyl (C=O) groups is 2. The number of nitrogens with one attached hydrogen (secondary N) is 2. The maximum Gasteiger partial charge on any atom is 0.224 e. The van der Waals surface area contributed by atoms with E-state index in [2.05, 4.69) is 10.6 Å². The van der Waals surface area contributed by atoms with Gasteiger partial charge in [0.15, 0.2) is 0 Å². The number of rotatable bonds is 4. The Morgan fingerprint density at radius 1 is 1.20 bits per heavy atom. The first-order valence-electron chi connectivity index (χ1n) is 7.22. The van der Waals surface area contributed by atoms with E-state index < -0.39 is 0 Å². The lowest BCUT2D eigenvalue weighted by atomic mass is 10.0. The van der Waals surface area contributed by atoms with Gasteiger partial charge in [-0.05, 0) is 43.4 Å². The molecule has 0 radical (unpaired) electrons. The lowest BCUT2D eigenvalue weighted by Gasteiger charge is -2.12. The van der Waals surface area contributed by atoms with Gasteiger partial charge in [-0.15, -0.1) is 0 Å². The first-order chi connectivity index (χ1) is 9.54. The Morgan fingerprint density at radius 3 is 2.55 bits per heavy atom. The highest BCUT2D eigenvalue weighted by Gasteiger charge is 2.18. The van der Waals surface area contributed by atoms with Crippen molar-refractivity contribution in [3.8, 4) is 0 Å². The van der Waals surface area contributed by atoms with Crippen molar-refractivity contribution in [3.63, 3.8) is 0 Å². The largest absolute Gasteiger partial charge is 0.326 e. The molecule has 1 aromatic carbocycles. The van der Waals surface area contributed by atoms with Crippen molar-refractivity contribution in [1.29, 1.82) is 0 Å². The molecule has 0 aromatic heterocycles. The van der Waals surface area contributed by atoms with Gasteiger partial charge in [0, 0.05) is 24.7 Å². The second-order valence-electron chi connectivity index (χ2n) is 5.61. The summed E-state index contributed by atoms with van der Waals surface area (Å²) in [4.78, 5) is 23.1. The minimum absolute atomic E-state index is 0.0644. The number of carbonyl (C=O) groups excluding carboxylic acids is 2. The fourth-order valence-electron chi connectivity index (χ4n) is 2.71. The van der Waals surface area contributed by atoms with E-state index in [4.69, 9.17) is 0 Å². The molecule has 20 heavy (non-hydrogen) atoms. The summed E-state index contributed by atoms with van der Waals surface area (Å²) in [6, 6.07) is 5.58. The molecule has 2 rings (SSSR count). The number of hydrogen-bond donors (Lipinski definition) is 2. The van der Waals surface area contributed by atoms with Crippen LogP contribution in [0.15, 0.2) is 18.2 Å². The summed E-state index contributed by atoms with van der Waals surface area (Å²) in [6.45, 7) is 3.40. The van der Waals surface area contributed by atoms with Crippen molar-refractivity contribution >= 4 is 23.2 Å². The van der Waals surface area contributed by atoms with Crippen molar-refractivity contribution < 1.29 is 9.59 Å². The van der Waals surface area contributed by atoms with E-state index in [0.717, 1.165) is 16.9 Å². The number of hydrogen-bond acceptors (Lipinski definition) is 2. The molecule has 0 heterocycles. The highest BCUT2D eigenvalue weighted by atomic mass is 16.2. The molecule has 108 valence electrons. The number of amides is 2. The van der Waals surface area contributed by atoms with Crippen LogP contribution in [0, 0.1) is 12.8 Å². The van der Waals surface area contributed by atoms with E-state index in [1.54, 1.807) is 0 Å². The molecule has 4 heteroatoms. The van der Waals surface area contributed by atoms with Gasteiger partial charge in [0.25, 0.3) is 0 Å². The third-order valence-corrected chi connectivity index (χ3v) is 3.78. The fourth-order valence-corrected chi connectivity index (χ4v) is 2.71. The van der Waals surface area contributed by atoms with Gasteiger partial charge >= 0.3 is 0 Å². The highest BCUT2D eigenvalue weighted by Crippen LogP contribution is 2.28. The average Bonchev–Trinajstić information content (AvgIpc) is 2.85. The third-order valence-electron chi connectivity index (χ3n) is 3.78. The SMILES string of the molecule is CC(=O)Nc1cc(NC(=O)CC2CCCC2)ccc1C. The van der Waals surface area contributed by atoms with Gasteiger partial charge in [0.2, 0.25) is 11.8 Å². The zero-order valence-electron chi connectivity index (χ0n) is 12.2. The van der Waals surface area contributed by atoms with Crippen molar-refractivity contribution in [2.75, 3.05) is 10.6 Å². The van der Waals surface area contributed by atoms with Crippen molar-refractivity contribution in [1.82, 2.24) is 0 Å². The second kappa shape index (κ2) is 6.55. The van der Waals surface area contributed by atoms with Crippen LogP contribution >= 0.6 is 0 Å². The molecule has 2 amide bonds. The summed E-state index contributed by atoms with van der Waals surface area (Å²) in [6.07, 6.45) is 5.42. The van der Waals surface area contributed by atoms with Crippen molar-refractivity contribution in [3.05, 3.63) is 23.8 Å². The second-order valence-corrected chi connectivity index (χ2v) is 5.61. The van der Waals surface area contributed by atoms with Crippen LogP contribution in [0.5, 0.6) is 0 Å². The van der Waals surface area contributed by atoms with E-state index in [-0.39, 0.29) is 11.8 Å². The smallest absolute Gasteiger partial charge is 0.224 e. The summed E-state index contributed by atoms with van der Waals surface area (Å²) in [7, 11) is 0. The van der Waals surface area contributed by atoms with Gasteiger partial charge in [-0.25, -0.2) is 0 Å². The van der Waals surface area contributed by atoms with Gasteiger partial charge in [0.1, 0.15) is 0 Å². The molecule has 1 aliphatic rings. The molecular weight excluding hydrogens is 252 g/mol. The number of anilines is 2. The van der Waals surface area contributed by atoms with Gasteiger partial charge in [0.05, 0.1) is 0 Å². The summed E-state index contributed by atoms with van der Waals surface area (Å²) < 4.78 is 0. The molecule has 0 spiro atoms. The highest BCUT2D eigenvalue weighted by molar-refractivity contribution is 5.94. The van der Waals surface area contributed by atoms with E-state index in [1.165, 1.54) is 32.6 Å². The van der Waals surface area contributed by atoms with Crippen LogP contribution in [0.1, 0.15) is 44.6 Å². The number of benzene rings is 1. The van der Waals surface area contributed by atoms with Gasteiger partial charge < -0.3 is 10.6 Å². The maximum atomic E-state index is 12.0. The lowest BCUT2D eigenvalue weighted by molar-refractivity contribution is -0.117. The standard InChI is InChI=1S/C16H22N2O2/c1-11-7-8-14(10-15(11)17-12(2)19)18-16(20)9-13-5-3-4-6-13/h7-8,10,13H,3-6,9H2,1-2H3,(H,17,19)(H,18,20). The Morgan fingerprint density at radius 2 is 1.90 bits per heavy atom. The Kier molecular flexibility index (Phi) is 4.77. The van der Waals surface area contributed by atoms with Crippen LogP contribution in [0.3, 0.4) is 0 Å². The molecule has 1 aromatic rings. The topological polar surface area (TPSA) is 58.2 Å². The van der Waals surface area contributed by atoms with Gasteiger partial charge in [-0.2, -0.15) is 0 Å². The summed E-state index contributed by atoms with van der Waals surface area (Å²) >= 11 is 0. The predicted molar refractivity (Wildman–Crippen MR) is 80.7 cm³/mol. The van der Waals surface area contributed by atoms with Crippen LogP contribution in [0.25, 0.3) is 0 Å². The summed E-state index contributed by atoms with van der Waals surface area (Å²) in [5.74, 6) is 0.493. The Bertz CT molecular complexity index is 505. The van der Waals surface area contributed by atoms with Crippen molar-refractivity contribution in [2.24, 2.45) is 5.92 Å². The first kappa shape index (κ1) is 14.6. The first-order valence-corrected chi connectivity index (χ1v) is 7.22. The van der Waals surface area contributed by atoms with E-state index >= 15 is 0 Å². The summed E-state index contributed by atoms with van der Waals surface area (Å²) in [5.41, 5.74) is 2.47. The van der Waals surface area contributed by atoms with Crippen LogP contribution < -0.4 is 10.6 Å². The molecule has 1 fully saturated rings. The molecule has 1 aliphatic carbocycles. The fraction of sp³-hybridized carbons (Fsp3) is 0.500. The Labute approximate surface area is 119 Å². The molecule has 0 unspecified atom stereocenters. The molecule has 0 aliphatic heterocycles. The lowest BCUT2D eigenvalue weighted by Crippen LogP contribution is -2.15. The molecule has 0 bridgehead atoms. The normalized spacial score (nSPS) is 15.1. The van der Waals surface area contributed by atoms with Crippen LogP contribution in [-0.2, 0) is 9.59 Å². The van der Waals surface area contributed by atoms with Crippen LogP contribution in [-0.4, -0.2) is 11.8 Å². The molecule has 4 nitrogen and oxygen atoms in total. The zero-order valence-corrected chi connectivity index (χ0v) is 12.2. The van der Waals surface area contributed by atoms with Gasteiger partial charge in [-0.3, -0.25) is 9.59 Å². The molecule has 2 N–H and O–H groups in total. The van der Waals surface area contributed by atoms with Gasteiger partial charge in [-0.1, -0.05) is 18.9 Å². The van der Waals surface area contributed by atoms with E-state index in [9.17, 15) is 9.59 Å². The third kappa shape index (κ3) is 4.08. The summed E-state index contributed by atoms with van der Waals surface area (Å²) in [5, 5.41) is 5.69. The molecule has 0 atom stereocenters.